The molecule has 0 heterocycles. The van der Waals surface area contributed by atoms with Gasteiger partial charge in [0, 0.05) is 18.6 Å². The zero-order chi connectivity index (χ0) is 30.6. The lowest BCUT2D eigenvalue weighted by Crippen LogP contribution is -2.58. The van der Waals surface area contributed by atoms with Crippen molar-refractivity contribution >= 4 is 36.3 Å². The molecule has 11 nitrogen and oxygen atoms in total. The number of hydrogen-bond acceptors (Lipinski definition) is 8. The number of carbonyl (C=O) groups excluding carboxylic acids is 3. The van der Waals surface area contributed by atoms with Crippen molar-refractivity contribution < 1.29 is 34.5 Å². The molecule has 0 spiro atoms. The highest BCUT2D eigenvalue weighted by Gasteiger charge is 2.30. The van der Waals surface area contributed by atoms with Gasteiger partial charge in [-0.1, -0.05) is 54.6 Å². The van der Waals surface area contributed by atoms with Crippen LogP contribution in [0, 0.1) is 0 Å². The number of benzene rings is 3. The molecule has 0 bridgehead atoms. The fraction of sp³-hybridized carbons (Fsp3) is 0.267. The Morgan fingerprint density at radius 2 is 1.02 bits per heavy atom. The molecule has 0 aliphatic carbocycles. The molecular weight excluding hydrogens is 560 g/mol. The molecular formula is C30H34N4O7S. The van der Waals surface area contributed by atoms with Crippen molar-refractivity contribution in [2.45, 2.75) is 43.4 Å². The number of phenols is 2. The van der Waals surface area contributed by atoms with Crippen molar-refractivity contribution in [3.63, 3.8) is 0 Å². The Morgan fingerprint density at radius 1 is 0.619 bits per heavy atom. The second-order valence-corrected chi connectivity index (χ2v) is 10.1. The van der Waals surface area contributed by atoms with Gasteiger partial charge in [-0.15, -0.1) is 0 Å². The quantitative estimate of drug-likeness (QED) is 0.126. The van der Waals surface area contributed by atoms with E-state index in [-0.39, 0.29) is 36.5 Å². The van der Waals surface area contributed by atoms with E-state index in [1.807, 2.05) is 30.3 Å². The molecule has 3 amide bonds. The Hall–Kier alpha value is -4.55. The summed E-state index contributed by atoms with van der Waals surface area (Å²) in [5, 5.41) is 36.3. The van der Waals surface area contributed by atoms with Gasteiger partial charge in [0.1, 0.15) is 29.6 Å². The lowest BCUT2D eigenvalue weighted by molar-refractivity contribution is -0.141. The van der Waals surface area contributed by atoms with Crippen LogP contribution >= 0.6 is 12.6 Å². The molecule has 0 saturated heterocycles. The lowest BCUT2D eigenvalue weighted by Gasteiger charge is -2.25. The van der Waals surface area contributed by atoms with E-state index in [9.17, 15) is 34.5 Å². The molecule has 3 rings (SSSR count). The van der Waals surface area contributed by atoms with Gasteiger partial charge in [0.2, 0.25) is 17.7 Å². The molecule has 4 atom stereocenters. The summed E-state index contributed by atoms with van der Waals surface area (Å²) in [7, 11) is 0. The third-order valence-corrected chi connectivity index (χ3v) is 6.82. The number of aliphatic carboxylic acids is 1. The highest BCUT2D eigenvalue weighted by Crippen LogP contribution is 2.14. The molecule has 8 N–H and O–H groups in total. The van der Waals surface area contributed by atoms with Crippen molar-refractivity contribution in [3.05, 3.63) is 95.6 Å². The number of rotatable bonds is 14. The van der Waals surface area contributed by atoms with E-state index < -0.39 is 47.9 Å². The maximum Gasteiger partial charge on any atom is 0.327 e. The standard InChI is InChI=1S/C30H34N4O7S/c31-23(14-18-4-2-1-3-5-18)27(37)32-24(15-19-6-10-21(35)11-7-19)28(38)33-25(16-20-8-12-22(36)13-9-20)29(39)34-26(17-42)30(40)41/h1-13,23-26,35-36,42H,14-17,31H2,(H,32,37)(H,33,38)(H,34,39)(H,40,41). The topological polar surface area (TPSA) is 191 Å². The first kappa shape index (κ1) is 32.0. The van der Waals surface area contributed by atoms with Crippen molar-refractivity contribution in [1.82, 2.24) is 16.0 Å². The Morgan fingerprint density at radius 3 is 1.45 bits per heavy atom. The maximum absolute atomic E-state index is 13.6. The molecule has 3 aromatic carbocycles. The second-order valence-electron chi connectivity index (χ2n) is 9.74. The summed E-state index contributed by atoms with van der Waals surface area (Å²) in [6.07, 6.45) is 0.203. The first-order chi connectivity index (χ1) is 20.0. The summed E-state index contributed by atoms with van der Waals surface area (Å²) >= 11 is 3.98. The molecule has 0 saturated carbocycles. The highest BCUT2D eigenvalue weighted by atomic mass is 32.1. The van der Waals surface area contributed by atoms with Gasteiger partial charge in [0.25, 0.3) is 0 Å². The monoisotopic (exact) mass is 594 g/mol. The van der Waals surface area contributed by atoms with Gasteiger partial charge in [0.05, 0.1) is 6.04 Å². The Bertz CT molecular complexity index is 1350. The summed E-state index contributed by atoms with van der Waals surface area (Å²) in [4.78, 5) is 51.4. The number of carbonyl (C=O) groups is 4. The van der Waals surface area contributed by atoms with Crippen molar-refractivity contribution in [3.8, 4) is 11.5 Å². The van der Waals surface area contributed by atoms with Crippen LogP contribution in [0.15, 0.2) is 78.9 Å². The number of carboxylic acids is 1. The largest absolute Gasteiger partial charge is 0.508 e. The number of thiol groups is 1. The number of nitrogens with two attached hydrogens (primary N) is 1. The van der Waals surface area contributed by atoms with Crippen molar-refractivity contribution in [2.75, 3.05) is 5.75 Å². The smallest absolute Gasteiger partial charge is 0.327 e. The summed E-state index contributed by atoms with van der Waals surface area (Å²) < 4.78 is 0. The van der Waals surface area contributed by atoms with Crippen LogP contribution in [-0.4, -0.2) is 68.9 Å². The van der Waals surface area contributed by atoms with Gasteiger partial charge in [-0.3, -0.25) is 14.4 Å². The van der Waals surface area contributed by atoms with Crippen LogP contribution < -0.4 is 21.7 Å². The van der Waals surface area contributed by atoms with Crippen LogP contribution in [0.4, 0.5) is 0 Å². The molecule has 0 radical (unpaired) electrons. The van der Waals surface area contributed by atoms with Gasteiger partial charge < -0.3 is 37.0 Å². The molecule has 12 heteroatoms. The van der Waals surface area contributed by atoms with E-state index in [0.29, 0.717) is 11.1 Å². The third kappa shape index (κ3) is 9.82. The molecule has 0 aliphatic rings. The van der Waals surface area contributed by atoms with E-state index in [1.165, 1.54) is 24.3 Å². The van der Waals surface area contributed by atoms with Gasteiger partial charge >= 0.3 is 5.97 Å². The molecule has 0 aromatic heterocycles. The van der Waals surface area contributed by atoms with Crippen molar-refractivity contribution in [2.24, 2.45) is 5.73 Å². The minimum atomic E-state index is -1.30. The maximum atomic E-state index is 13.6. The van der Waals surface area contributed by atoms with E-state index >= 15 is 0 Å². The normalized spacial score (nSPS) is 13.7. The average molecular weight is 595 g/mol. The predicted octanol–water partition coefficient (Wildman–Crippen LogP) is 0.922. The van der Waals surface area contributed by atoms with Crippen LogP contribution in [0.25, 0.3) is 0 Å². The van der Waals surface area contributed by atoms with Gasteiger partial charge in [-0.2, -0.15) is 12.6 Å². The molecule has 222 valence electrons. The number of hydrogen-bond donors (Lipinski definition) is 8. The van der Waals surface area contributed by atoms with Gasteiger partial charge in [-0.25, -0.2) is 4.79 Å². The first-order valence-electron chi connectivity index (χ1n) is 13.2. The van der Waals surface area contributed by atoms with E-state index in [0.717, 1.165) is 5.56 Å². The molecule has 3 aromatic rings. The minimum Gasteiger partial charge on any atom is -0.508 e. The van der Waals surface area contributed by atoms with Crippen LogP contribution in [0.2, 0.25) is 0 Å². The fourth-order valence-electron chi connectivity index (χ4n) is 4.12. The van der Waals surface area contributed by atoms with Crippen molar-refractivity contribution in [1.29, 1.82) is 0 Å². The van der Waals surface area contributed by atoms with Crippen LogP contribution in [0.5, 0.6) is 11.5 Å². The SMILES string of the molecule is NC(Cc1ccccc1)C(=O)NC(Cc1ccc(O)cc1)C(=O)NC(Cc1ccc(O)cc1)C(=O)NC(CS)C(=O)O. The second kappa shape index (κ2) is 15.5. The summed E-state index contributed by atoms with van der Waals surface area (Å²) in [6.45, 7) is 0. The molecule has 4 unspecified atom stereocenters. The Balaban J connectivity index is 1.83. The number of aromatic hydroxyl groups is 2. The Kier molecular flexibility index (Phi) is 11.8. The minimum absolute atomic E-state index is 0.00770. The number of carboxylic acid groups (broad SMARTS) is 1. The highest BCUT2D eigenvalue weighted by molar-refractivity contribution is 7.80. The zero-order valence-corrected chi connectivity index (χ0v) is 23.5. The van der Waals surface area contributed by atoms with Gasteiger partial charge in [0.15, 0.2) is 0 Å². The van der Waals surface area contributed by atoms with Crippen LogP contribution in [0.1, 0.15) is 16.7 Å². The molecule has 0 fully saturated rings. The lowest BCUT2D eigenvalue weighted by atomic mass is 10.0. The summed E-state index contributed by atoms with van der Waals surface area (Å²) in [6, 6.07) is 16.5. The van der Waals surface area contributed by atoms with Crippen LogP contribution in [0.3, 0.4) is 0 Å². The fourth-order valence-corrected chi connectivity index (χ4v) is 4.37. The van der Waals surface area contributed by atoms with E-state index in [2.05, 4.69) is 28.6 Å². The number of amides is 3. The summed E-state index contributed by atoms with van der Waals surface area (Å²) in [5.41, 5.74) is 8.18. The number of nitrogens with one attached hydrogen (secondary N) is 3. The average Bonchev–Trinajstić information content (AvgIpc) is 2.97. The van der Waals surface area contributed by atoms with Gasteiger partial charge in [-0.05, 0) is 47.4 Å². The molecule has 0 aliphatic heterocycles. The zero-order valence-electron chi connectivity index (χ0n) is 22.6. The summed E-state index contributed by atoms with van der Waals surface area (Å²) in [5.74, 6) is -3.51. The number of phenolic OH excluding ortho intramolecular Hbond substituents is 2. The van der Waals surface area contributed by atoms with Crippen LogP contribution in [-0.2, 0) is 38.4 Å². The predicted molar refractivity (Wildman–Crippen MR) is 159 cm³/mol. The van der Waals surface area contributed by atoms with E-state index in [4.69, 9.17) is 5.73 Å². The first-order valence-corrected chi connectivity index (χ1v) is 13.8. The molecule has 42 heavy (non-hydrogen) atoms. The Labute approximate surface area is 248 Å². The van der Waals surface area contributed by atoms with E-state index in [1.54, 1.807) is 24.3 Å². The third-order valence-electron chi connectivity index (χ3n) is 6.45.